The Kier molecular flexibility index (Phi) is 5.07. The maximum Gasteiger partial charge on any atom is 0.138 e. The molecular formula is C24H18ClN3O. The first kappa shape index (κ1) is 18.8. The highest BCUT2D eigenvalue weighted by Crippen LogP contribution is 2.30. The number of benzene rings is 2. The van der Waals surface area contributed by atoms with E-state index in [1.54, 1.807) is 7.11 Å². The summed E-state index contributed by atoms with van der Waals surface area (Å²) < 4.78 is 7.30. The molecule has 4 rings (SSSR count). The Morgan fingerprint density at radius 2 is 1.93 bits per heavy atom. The standard InChI is InChI=1S/C24H18ClN3O/c1-16-10-11-28-22(14-19(15-26)18-4-3-5-21(13-18)29-2)24(27-23(28)12-16)17-6-8-20(25)9-7-17/h3-14H,1-2H3. The predicted molar refractivity (Wildman–Crippen MR) is 117 cm³/mol. The number of pyridine rings is 1. The van der Waals surface area contributed by atoms with Crippen LogP contribution in [0.5, 0.6) is 5.75 Å². The molecule has 29 heavy (non-hydrogen) atoms. The van der Waals surface area contributed by atoms with Crippen molar-refractivity contribution in [2.45, 2.75) is 6.92 Å². The quantitative estimate of drug-likeness (QED) is 0.393. The van der Waals surface area contributed by atoms with Crippen LogP contribution in [-0.2, 0) is 0 Å². The van der Waals surface area contributed by atoms with Gasteiger partial charge in [0.25, 0.3) is 0 Å². The maximum atomic E-state index is 9.85. The Morgan fingerprint density at radius 1 is 1.14 bits per heavy atom. The zero-order valence-corrected chi connectivity index (χ0v) is 16.8. The minimum Gasteiger partial charge on any atom is -0.497 e. The first-order chi connectivity index (χ1) is 14.1. The molecule has 0 aliphatic carbocycles. The molecule has 0 saturated heterocycles. The van der Waals surface area contributed by atoms with Crippen LogP contribution < -0.4 is 4.74 Å². The lowest BCUT2D eigenvalue weighted by Gasteiger charge is -2.05. The maximum absolute atomic E-state index is 9.85. The fourth-order valence-corrected chi connectivity index (χ4v) is 3.36. The smallest absolute Gasteiger partial charge is 0.138 e. The van der Waals surface area contributed by atoms with Gasteiger partial charge in [-0.1, -0.05) is 35.9 Å². The summed E-state index contributed by atoms with van der Waals surface area (Å²) in [5.41, 5.74) is 5.82. The zero-order chi connectivity index (χ0) is 20.4. The minimum atomic E-state index is 0.529. The van der Waals surface area contributed by atoms with Crippen molar-refractivity contribution in [3.63, 3.8) is 0 Å². The predicted octanol–water partition coefficient (Wildman–Crippen LogP) is 6.04. The number of aromatic nitrogens is 2. The molecule has 5 heteroatoms. The molecule has 2 aromatic carbocycles. The van der Waals surface area contributed by atoms with E-state index in [9.17, 15) is 5.26 Å². The van der Waals surface area contributed by atoms with E-state index >= 15 is 0 Å². The molecule has 142 valence electrons. The number of allylic oxidation sites excluding steroid dienone is 1. The monoisotopic (exact) mass is 399 g/mol. The molecule has 0 N–H and O–H groups in total. The molecule has 4 nitrogen and oxygen atoms in total. The lowest BCUT2D eigenvalue weighted by Crippen LogP contribution is -1.91. The highest BCUT2D eigenvalue weighted by atomic mass is 35.5. The van der Waals surface area contributed by atoms with Gasteiger partial charge in [-0.15, -0.1) is 0 Å². The van der Waals surface area contributed by atoms with Crippen LogP contribution in [0.2, 0.25) is 5.02 Å². The van der Waals surface area contributed by atoms with Gasteiger partial charge in [0, 0.05) is 16.8 Å². The van der Waals surface area contributed by atoms with E-state index < -0.39 is 0 Å². The molecular weight excluding hydrogens is 382 g/mol. The van der Waals surface area contributed by atoms with Gasteiger partial charge in [0.1, 0.15) is 11.4 Å². The normalized spacial score (nSPS) is 11.4. The molecule has 0 bridgehead atoms. The van der Waals surface area contributed by atoms with E-state index in [1.807, 2.05) is 84.3 Å². The molecule has 0 saturated carbocycles. The number of imidazole rings is 1. The van der Waals surface area contributed by atoms with Gasteiger partial charge < -0.3 is 4.74 Å². The van der Waals surface area contributed by atoms with Crippen molar-refractivity contribution < 1.29 is 4.74 Å². The fraction of sp³-hybridized carbons (Fsp3) is 0.0833. The molecule has 0 aliphatic heterocycles. The third-order valence-corrected chi connectivity index (χ3v) is 4.97. The summed E-state index contributed by atoms with van der Waals surface area (Å²) in [5, 5.41) is 10.5. The second kappa shape index (κ2) is 7.83. The van der Waals surface area contributed by atoms with Gasteiger partial charge in [-0.3, -0.25) is 4.40 Å². The zero-order valence-electron chi connectivity index (χ0n) is 16.1. The molecule has 0 spiro atoms. The van der Waals surface area contributed by atoms with Crippen molar-refractivity contribution in [3.8, 4) is 23.1 Å². The van der Waals surface area contributed by atoms with Crippen LogP contribution in [0.4, 0.5) is 0 Å². The summed E-state index contributed by atoms with van der Waals surface area (Å²) >= 11 is 6.06. The number of halogens is 1. The summed E-state index contributed by atoms with van der Waals surface area (Å²) in [6.07, 6.45) is 3.84. The summed E-state index contributed by atoms with van der Waals surface area (Å²) in [6, 6.07) is 21.4. The van der Waals surface area contributed by atoms with Crippen molar-refractivity contribution in [3.05, 3.63) is 88.7 Å². The van der Waals surface area contributed by atoms with E-state index in [0.717, 1.165) is 33.7 Å². The molecule has 0 atom stereocenters. The average Bonchev–Trinajstić information content (AvgIpc) is 3.09. The molecule has 0 radical (unpaired) electrons. The SMILES string of the molecule is COc1cccc(C(C#N)=Cc2c(-c3ccc(Cl)cc3)nc3cc(C)ccn23)c1. The van der Waals surface area contributed by atoms with Crippen molar-refractivity contribution in [1.82, 2.24) is 9.38 Å². The molecule has 0 amide bonds. The van der Waals surface area contributed by atoms with E-state index in [1.165, 1.54) is 0 Å². The lowest BCUT2D eigenvalue weighted by molar-refractivity contribution is 0.414. The second-order valence-corrected chi connectivity index (χ2v) is 7.12. The average molecular weight is 400 g/mol. The van der Waals surface area contributed by atoms with Crippen LogP contribution >= 0.6 is 11.6 Å². The molecule has 2 heterocycles. The van der Waals surface area contributed by atoms with Gasteiger partial charge in [-0.2, -0.15) is 5.26 Å². The molecule has 0 fully saturated rings. The van der Waals surface area contributed by atoms with Gasteiger partial charge in [0.05, 0.1) is 30.1 Å². The van der Waals surface area contributed by atoms with Crippen LogP contribution in [0.25, 0.3) is 28.6 Å². The summed E-state index contributed by atoms with van der Waals surface area (Å²) in [4.78, 5) is 4.83. The van der Waals surface area contributed by atoms with Crippen molar-refractivity contribution >= 4 is 28.9 Å². The van der Waals surface area contributed by atoms with Crippen molar-refractivity contribution in [1.29, 1.82) is 5.26 Å². The van der Waals surface area contributed by atoms with Crippen LogP contribution in [0.3, 0.4) is 0 Å². The molecule has 0 aliphatic rings. The summed E-state index contributed by atoms with van der Waals surface area (Å²) in [7, 11) is 1.61. The minimum absolute atomic E-state index is 0.529. The van der Waals surface area contributed by atoms with E-state index in [0.29, 0.717) is 16.3 Å². The van der Waals surface area contributed by atoms with E-state index in [4.69, 9.17) is 21.3 Å². The first-order valence-corrected chi connectivity index (χ1v) is 9.47. The van der Waals surface area contributed by atoms with Crippen molar-refractivity contribution in [2.75, 3.05) is 7.11 Å². The van der Waals surface area contributed by atoms with Crippen LogP contribution in [0, 0.1) is 18.3 Å². The third-order valence-electron chi connectivity index (χ3n) is 4.72. The number of methoxy groups -OCH3 is 1. The number of hydrogen-bond donors (Lipinski definition) is 0. The molecule has 4 aromatic rings. The van der Waals surface area contributed by atoms with Crippen LogP contribution in [0.1, 0.15) is 16.8 Å². The van der Waals surface area contributed by atoms with E-state index in [2.05, 4.69) is 6.07 Å². The number of rotatable bonds is 4. The Labute approximate surface area is 174 Å². The van der Waals surface area contributed by atoms with Gasteiger partial charge in [0.15, 0.2) is 0 Å². The number of fused-ring (bicyclic) bond motifs is 1. The van der Waals surface area contributed by atoms with Gasteiger partial charge in [-0.05, 0) is 60.5 Å². The summed E-state index contributed by atoms with van der Waals surface area (Å²) in [5.74, 6) is 0.704. The van der Waals surface area contributed by atoms with Gasteiger partial charge in [0.2, 0.25) is 0 Å². The number of hydrogen-bond acceptors (Lipinski definition) is 3. The first-order valence-electron chi connectivity index (χ1n) is 9.10. The fourth-order valence-electron chi connectivity index (χ4n) is 3.23. The topological polar surface area (TPSA) is 50.3 Å². The van der Waals surface area contributed by atoms with Gasteiger partial charge in [-0.25, -0.2) is 4.98 Å². The van der Waals surface area contributed by atoms with Gasteiger partial charge >= 0.3 is 0 Å². The van der Waals surface area contributed by atoms with Crippen molar-refractivity contribution in [2.24, 2.45) is 0 Å². The number of aryl methyl sites for hydroxylation is 1. The number of ether oxygens (including phenoxy) is 1. The lowest BCUT2D eigenvalue weighted by atomic mass is 10.0. The summed E-state index contributed by atoms with van der Waals surface area (Å²) in [6.45, 7) is 2.03. The van der Waals surface area contributed by atoms with Crippen LogP contribution in [-0.4, -0.2) is 16.5 Å². The second-order valence-electron chi connectivity index (χ2n) is 6.69. The highest BCUT2D eigenvalue weighted by molar-refractivity contribution is 6.30. The Hall–Kier alpha value is -3.55. The highest BCUT2D eigenvalue weighted by Gasteiger charge is 2.14. The largest absolute Gasteiger partial charge is 0.497 e. The van der Waals surface area contributed by atoms with Crippen LogP contribution in [0.15, 0.2) is 66.9 Å². The van der Waals surface area contributed by atoms with E-state index in [-0.39, 0.29) is 0 Å². The number of nitrogens with zero attached hydrogens (tertiary/aromatic N) is 3. The Bertz CT molecular complexity index is 1260. The third kappa shape index (κ3) is 3.73. The molecule has 2 aromatic heterocycles. The Morgan fingerprint density at radius 3 is 2.66 bits per heavy atom. The Balaban J connectivity index is 1.95. The number of nitriles is 1. The molecule has 0 unspecified atom stereocenters.